The molecular formula is C10H10. The van der Waals surface area contributed by atoms with Crippen molar-refractivity contribution >= 4 is 0 Å². The van der Waals surface area contributed by atoms with Gasteiger partial charge in [-0.25, -0.2) is 0 Å². The standard InChI is InChI=1S/C10H10/c1-6-7-2-4-8-9(5-3-7)10(6)8/h2-5,7-10H,1H2. The molecule has 3 aliphatic rings. The van der Waals surface area contributed by atoms with Gasteiger partial charge in [0, 0.05) is 5.92 Å². The molecule has 0 aliphatic heterocycles. The van der Waals surface area contributed by atoms with E-state index in [0.29, 0.717) is 5.92 Å². The Morgan fingerprint density at radius 3 is 2.10 bits per heavy atom. The van der Waals surface area contributed by atoms with Gasteiger partial charge < -0.3 is 0 Å². The van der Waals surface area contributed by atoms with E-state index < -0.39 is 0 Å². The molecular weight excluding hydrogens is 120 g/mol. The molecule has 50 valence electrons. The van der Waals surface area contributed by atoms with Crippen LogP contribution in [-0.2, 0) is 0 Å². The van der Waals surface area contributed by atoms with E-state index in [1.165, 1.54) is 5.57 Å². The van der Waals surface area contributed by atoms with Gasteiger partial charge in [-0.2, -0.15) is 0 Å². The summed E-state index contributed by atoms with van der Waals surface area (Å²) in [5.74, 6) is 3.09. The van der Waals surface area contributed by atoms with E-state index in [2.05, 4.69) is 30.9 Å². The van der Waals surface area contributed by atoms with Gasteiger partial charge in [0.05, 0.1) is 0 Å². The van der Waals surface area contributed by atoms with Gasteiger partial charge in [-0.15, -0.1) is 0 Å². The Hall–Kier alpha value is -0.780. The van der Waals surface area contributed by atoms with Gasteiger partial charge >= 0.3 is 0 Å². The molecule has 0 nitrogen and oxygen atoms in total. The molecule has 0 N–H and O–H groups in total. The van der Waals surface area contributed by atoms with Gasteiger partial charge in [-0.1, -0.05) is 36.5 Å². The topological polar surface area (TPSA) is 0 Å². The number of allylic oxidation sites excluding steroid dienone is 5. The third-order valence-corrected chi connectivity index (χ3v) is 3.07. The Labute approximate surface area is 60.9 Å². The van der Waals surface area contributed by atoms with Crippen LogP contribution in [0.4, 0.5) is 0 Å². The van der Waals surface area contributed by atoms with Crippen molar-refractivity contribution in [1.29, 1.82) is 0 Å². The molecule has 2 bridgehead atoms. The highest BCUT2D eigenvalue weighted by Gasteiger charge is 2.52. The van der Waals surface area contributed by atoms with Gasteiger partial charge in [0.1, 0.15) is 0 Å². The molecule has 0 aromatic carbocycles. The highest BCUT2D eigenvalue weighted by Crippen LogP contribution is 2.59. The molecule has 0 saturated heterocycles. The van der Waals surface area contributed by atoms with Crippen molar-refractivity contribution in [2.75, 3.05) is 0 Å². The molecule has 2 unspecified atom stereocenters. The van der Waals surface area contributed by atoms with Gasteiger partial charge in [-0.05, 0) is 17.8 Å². The van der Waals surface area contributed by atoms with Gasteiger partial charge in [0.25, 0.3) is 0 Å². The lowest BCUT2D eigenvalue weighted by molar-refractivity contribution is 0.747. The third kappa shape index (κ3) is 0.377. The summed E-state index contributed by atoms with van der Waals surface area (Å²) in [4.78, 5) is 0. The summed E-state index contributed by atoms with van der Waals surface area (Å²) in [5, 5.41) is 0. The molecule has 3 aliphatic carbocycles. The van der Waals surface area contributed by atoms with Crippen LogP contribution in [0.25, 0.3) is 0 Å². The second-order valence-electron chi connectivity index (χ2n) is 3.55. The molecule has 10 heavy (non-hydrogen) atoms. The Morgan fingerprint density at radius 2 is 1.60 bits per heavy atom. The van der Waals surface area contributed by atoms with Gasteiger partial charge in [0.15, 0.2) is 0 Å². The van der Waals surface area contributed by atoms with E-state index in [9.17, 15) is 0 Å². The molecule has 0 radical (unpaired) electrons. The SMILES string of the molecule is C=C1C2C=CC3C(C=C2)C13. The molecule has 2 atom stereocenters. The first kappa shape index (κ1) is 4.95. The fraction of sp³-hybridized carbons (Fsp3) is 0.400. The predicted octanol–water partition coefficient (Wildman–Crippen LogP) is 2.16. The molecule has 0 heteroatoms. The summed E-state index contributed by atoms with van der Waals surface area (Å²) in [6, 6.07) is 0. The number of rotatable bonds is 0. The second-order valence-corrected chi connectivity index (χ2v) is 3.55. The van der Waals surface area contributed by atoms with Crippen LogP contribution in [0.5, 0.6) is 0 Å². The second kappa shape index (κ2) is 1.29. The highest BCUT2D eigenvalue weighted by atomic mass is 14.6. The van der Waals surface area contributed by atoms with Crippen molar-refractivity contribution in [2.45, 2.75) is 0 Å². The fourth-order valence-corrected chi connectivity index (χ4v) is 2.38. The summed E-state index contributed by atoms with van der Waals surface area (Å²) in [6.07, 6.45) is 9.34. The Bertz CT molecular complexity index is 237. The first-order valence-electron chi connectivity index (χ1n) is 3.93. The Kier molecular flexibility index (Phi) is 0.639. The minimum absolute atomic E-state index is 0.583. The third-order valence-electron chi connectivity index (χ3n) is 3.07. The van der Waals surface area contributed by atoms with E-state index in [-0.39, 0.29) is 0 Å². The summed E-state index contributed by atoms with van der Waals surface area (Å²) >= 11 is 0. The van der Waals surface area contributed by atoms with Crippen LogP contribution in [0.3, 0.4) is 0 Å². The van der Waals surface area contributed by atoms with Gasteiger partial charge in [-0.3, -0.25) is 0 Å². The van der Waals surface area contributed by atoms with E-state index in [1.54, 1.807) is 0 Å². The van der Waals surface area contributed by atoms with E-state index in [0.717, 1.165) is 17.8 Å². The first-order valence-corrected chi connectivity index (χ1v) is 3.93. The van der Waals surface area contributed by atoms with Crippen molar-refractivity contribution < 1.29 is 0 Å². The number of hydrogen-bond donors (Lipinski definition) is 0. The smallest absolute Gasteiger partial charge is 0.0158 e. The van der Waals surface area contributed by atoms with Crippen LogP contribution >= 0.6 is 0 Å². The van der Waals surface area contributed by atoms with Crippen molar-refractivity contribution in [2.24, 2.45) is 23.7 Å². The van der Waals surface area contributed by atoms with Crippen molar-refractivity contribution in [3.05, 3.63) is 36.5 Å². The maximum Gasteiger partial charge on any atom is 0.0158 e. The van der Waals surface area contributed by atoms with Gasteiger partial charge in [0.2, 0.25) is 0 Å². The lowest BCUT2D eigenvalue weighted by atomic mass is 9.88. The molecule has 1 fully saturated rings. The minimum atomic E-state index is 0.583. The number of hydrogen-bond acceptors (Lipinski definition) is 0. The lowest BCUT2D eigenvalue weighted by Crippen LogP contribution is -2.05. The molecule has 3 rings (SSSR count). The fourth-order valence-electron chi connectivity index (χ4n) is 2.38. The average molecular weight is 130 g/mol. The Balaban J connectivity index is 2.21. The zero-order valence-corrected chi connectivity index (χ0v) is 5.83. The Morgan fingerprint density at radius 1 is 1.00 bits per heavy atom. The normalized spacial score (nSPS) is 53.4. The predicted molar refractivity (Wildman–Crippen MR) is 41.4 cm³/mol. The monoisotopic (exact) mass is 130 g/mol. The minimum Gasteiger partial charge on any atom is -0.0986 e. The largest absolute Gasteiger partial charge is 0.0986 e. The molecule has 1 saturated carbocycles. The van der Waals surface area contributed by atoms with E-state index in [1.807, 2.05) is 0 Å². The summed E-state index contributed by atoms with van der Waals surface area (Å²) in [5.41, 5.74) is 1.46. The summed E-state index contributed by atoms with van der Waals surface area (Å²) in [7, 11) is 0. The maximum atomic E-state index is 4.12. The van der Waals surface area contributed by atoms with Crippen LogP contribution in [0, 0.1) is 23.7 Å². The van der Waals surface area contributed by atoms with Crippen LogP contribution < -0.4 is 0 Å². The van der Waals surface area contributed by atoms with Crippen LogP contribution in [0.1, 0.15) is 0 Å². The summed E-state index contributed by atoms with van der Waals surface area (Å²) < 4.78 is 0. The van der Waals surface area contributed by atoms with E-state index >= 15 is 0 Å². The van der Waals surface area contributed by atoms with Crippen molar-refractivity contribution in [3.8, 4) is 0 Å². The molecule has 0 amide bonds. The van der Waals surface area contributed by atoms with Crippen LogP contribution in [-0.4, -0.2) is 0 Å². The van der Waals surface area contributed by atoms with E-state index in [4.69, 9.17) is 0 Å². The maximum absolute atomic E-state index is 4.12. The zero-order valence-electron chi connectivity index (χ0n) is 5.83. The van der Waals surface area contributed by atoms with Crippen molar-refractivity contribution in [3.63, 3.8) is 0 Å². The summed E-state index contributed by atoms with van der Waals surface area (Å²) in [6.45, 7) is 4.12. The molecule has 0 heterocycles. The molecule has 0 spiro atoms. The average Bonchev–Trinajstić information content (AvgIpc) is 2.59. The molecule has 0 aromatic heterocycles. The zero-order chi connectivity index (χ0) is 6.72. The number of fused-ring (bicyclic) bond motifs is 2. The molecule has 0 aromatic rings. The highest BCUT2D eigenvalue weighted by molar-refractivity contribution is 5.41. The quantitative estimate of drug-likeness (QED) is 0.441. The van der Waals surface area contributed by atoms with Crippen LogP contribution in [0.15, 0.2) is 36.5 Å². The van der Waals surface area contributed by atoms with Crippen molar-refractivity contribution in [1.82, 2.24) is 0 Å². The first-order chi connectivity index (χ1) is 4.88. The van der Waals surface area contributed by atoms with Crippen LogP contribution in [0.2, 0.25) is 0 Å². The lowest BCUT2D eigenvalue weighted by Gasteiger charge is -2.16.